The van der Waals surface area contributed by atoms with Crippen LogP contribution in [0.15, 0.2) is 71.9 Å². The first-order valence-corrected chi connectivity index (χ1v) is 23.8. The number of rotatable bonds is 5. The zero-order valence-electron chi connectivity index (χ0n) is 33.7. The van der Waals surface area contributed by atoms with Crippen molar-refractivity contribution >= 4 is 8.07 Å². The minimum absolute atomic E-state index is 0.353. The number of fused-ring (bicyclic) bond motifs is 2. The molecule has 0 bridgehead atoms. The molecule has 6 aliphatic carbocycles. The zero-order valence-corrected chi connectivity index (χ0v) is 34.7. The van der Waals surface area contributed by atoms with Crippen LogP contribution in [-0.4, -0.2) is 8.07 Å². The van der Waals surface area contributed by atoms with Gasteiger partial charge in [0.05, 0.1) is 8.07 Å². The van der Waals surface area contributed by atoms with Crippen LogP contribution in [-0.2, 0) is 0 Å². The van der Waals surface area contributed by atoms with Crippen LogP contribution in [0.5, 0.6) is 0 Å². The molecule has 0 heterocycles. The van der Waals surface area contributed by atoms with Gasteiger partial charge in [0.25, 0.3) is 0 Å². The molecule has 2 saturated carbocycles. The maximum Gasteiger partial charge on any atom is 0.0553 e. The fraction of sp³-hybridized carbons (Fsp3) is 0.745. The Hall–Kier alpha value is -1.34. The first kappa shape index (κ1) is 37.9. The van der Waals surface area contributed by atoms with Crippen LogP contribution in [0.4, 0.5) is 0 Å². The van der Waals surface area contributed by atoms with Crippen molar-refractivity contribution in [3.8, 4) is 0 Å². The van der Waals surface area contributed by atoms with E-state index in [0.29, 0.717) is 22.7 Å². The molecule has 0 nitrogen and oxygen atoms in total. The van der Waals surface area contributed by atoms with Crippen molar-refractivity contribution in [2.45, 2.75) is 145 Å². The van der Waals surface area contributed by atoms with E-state index in [2.05, 4.69) is 150 Å². The minimum Gasteiger partial charge on any atom is -0.0876 e. The fourth-order valence-electron chi connectivity index (χ4n) is 12.1. The van der Waals surface area contributed by atoms with E-state index in [0.717, 1.165) is 64.3 Å². The molecule has 12 atom stereocenters. The van der Waals surface area contributed by atoms with Crippen molar-refractivity contribution < 1.29 is 0 Å². The van der Waals surface area contributed by atoms with Crippen LogP contribution in [0.2, 0.25) is 24.2 Å². The van der Waals surface area contributed by atoms with Gasteiger partial charge in [-0.05, 0) is 137 Å². The molecule has 0 N–H and O–H groups in total. The normalized spacial score (nSPS) is 39.5. The Kier molecular flexibility index (Phi) is 11.6. The van der Waals surface area contributed by atoms with Gasteiger partial charge in [0, 0.05) is 0 Å². The summed E-state index contributed by atoms with van der Waals surface area (Å²) in [4.78, 5) is 0. The largest absolute Gasteiger partial charge is 0.0876 e. The summed E-state index contributed by atoms with van der Waals surface area (Å²) in [6, 6.07) is 0. The highest BCUT2D eigenvalue weighted by Gasteiger charge is 2.60. The van der Waals surface area contributed by atoms with Crippen LogP contribution in [0.3, 0.4) is 0 Å². The molecule has 0 radical (unpaired) electrons. The van der Waals surface area contributed by atoms with E-state index in [4.69, 9.17) is 0 Å². The van der Waals surface area contributed by atoms with Crippen LogP contribution in [0.25, 0.3) is 0 Å². The van der Waals surface area contributed by atoms with E-state index in [1.54, 1.807) is 11.1 Å². The molecule has 2 fully saturated rings. The first-order valence-electron chi connectivity index (χ1n) is 20.6. The molecule has 48 heavy (non-hydrogen) atoms. The summed E-state index contributed by atoms with van der Waals surface area (Å²) in [5, 5.41) is 0. The summed E-state index contributed by atoms with van der Waals surface area (Å²) in [7, 11) is -1.65. The zero-order chi connectivity index (χ0) is 35.2. The minimum atomic E-state index is -1.65. The second-order valence-corrected chi connectivity index (χ2v) is 25.5. The van der Waals surface area contributed by atoms with Crippen molar-refractivity contribution in [1.82, 2.24) is 0 Å². The Morgan fingerprint density at radius 2 is 1.10 bits per heavy atom. The van der Waals surface area contributed by atoms with Gasteiger partial charge in [-0.3, -0.25) is 0 Å². The Balaban J connectivity index is 0.00000145. The standard InChI is InChI=1S/C44H68Si.C3H8/c1-28(2)38-27-40-35(31-20-24-33(25-21-31)44(7,8)9)15-13-17-37(40)42(38)45(10,11)41-29(3)26-39-34(14-12-16-36(39)41)30-18-22-32(23-19-30)43(4,5)6;1-3-2/h12-13,16-22,24,28-29,32-42H,14-15,23,25-27H2,1-11H3;3H2,1-2H3/t29?,32-,33-,34+,35+,36?,37?,38?,39?,40?,41?,42?;/m0./s1. The summed E-state index contributed by atoms with van der Waals surface area (Å²) < 4.78 is 0. The van der Waals surface area contributed by atoms with Crippen molar-refractivity contribution in [2.75, 3.05) is 0 Å². The number of hydrogen-bond acceptors (Lipinski definition) is 0. The van der Waals surface area contributed by atoms with Crippen LogP contribution < -0.4 is 0 Å². The first-order chi connectivity index (χ1) is 22.5. The van der Waals surface area contributed by atoms with Gasteiger partial charge in [-0.2, -0.15) is 0 Å². The molecule has 0 aromatic carbocycles. The van der Waals surface area contributed by atoms with Crippen molar-refractivity contribution in [3.63, 3.8) is 0 Å². The maximum absolute atomic E-state index is 2.87. The Morgan fingerprint density at radius 1 is 0.667 bits per heavy atom. The van der Waals surface area contributed by atoms with Gasteiger partial charge in [-0.1, -0.05) is 156 Å². The highest BCUT2D eigenvalue weighted by atomic mass is 28.3. The lowest BCUT2D eigenvalue weighted by Gasteiger charge is -2.48. The molecule has 0 aromatic rings. The molecule has 6 rings (SSSR count). The third-order valence-electron chi connectivity index (χ3n) is 14.5. The number of allylic oxidation sites excluding steroid dienone is 12. The molecule has 8 unspecified atom stereocenters. The molecule has 268 valence electrons. The van der Waals surface area contributed by atoms with E-state index >= 15 is 0 Å². The summed E-state index contributed by atoms with van der Waals surface area (Å²) in [6.45, 7) is 32.2. The van der Waals surface area contributed by atoms with Crippen molar-refractivity contribution in [2.24, 2.45) is 75.9 Å². The van der Waals surface area contributed by atoms with Crippen molar-refractivity contribution in [3.05, 3.63) is 71.9 Å². The third kappa shape index (κ3) is 7.48. The predicted octanol–water partition coefficient (Wildman–Crippen LogP) is 14.3. The van der Waals surface area contributed by atoms with Gasteiger partial charge >= 0.3 is 0 Å². The molecule has 0 amide bonds. The molecule has 0 spiro atoms. The molecule has 6 aliphatic rings. The van der Waals surface area contributed by atoms with Crippen LogP contribution >= 0.6 is 0 Å². The average Bonchev–Trinajstić information content (AvgIpc) is 3.59. The quantitative estimate of drug-likeness (QED) is 0.202. The lowest BCUT2D eigenvalue weighted by atomic mass is 9.70. The molecular formula is C47H76Si. The van der Waals surface area contributed by atoms with Gasteiger partial charge in [0.15, 0.2) is 0 Å². The summed E-state index contributed by atoms with van der Waals surface area (Å²) >= 11 is 0. The van der Waals surface area contributed by atoms with Gasteiger partial charge < -0.3 is 0 Å². The second-order valence-electron chi connectivity index (χ2n) is 20.5. The molecule has 0 aliphatic heterocycles. The van der Waals surface area contributed by atoms with E-state index in [9.17, 15) is 0 Å². The van der Waals surface area contributed by atoms with E-state index in [-0.39, 0.29) is 0 Å². The van der Waals surface area contributed by atoms with Gasteiger partial charge in [-0.25, -0.2) is 0 Å². The molecule has 1 heteroatoms. The highest BCUT2D eigenvalue weighted by Crippen LogP contribution is 2.66. The fourth-order valence-corrected chi connectivity index (χ4v) is 18.5. The topological polar surface area (TPSA) is 0 Å². The third-order valence-corrected chi connectivity index (χ3v) is 19.7. The molecule has 0 aromatic heterocycles. The number of hydrogen-bond donors (Lipinski definition) is 0. The summed E-state index contributed by atoms with van der Waals surface area (Å²) in [6.07, 6.45) is 35.4. The Bertz CT molecular complexity index is 1280. The van der Waals surface area contributed by atoms with E-state index < -0.39 is 8.07 Å². The van der Waals surface area contributed by atoms with Crippen LogP contribution in [0, 0.1) is 75.9 Å². The summed E-state index contributed by atoms with van der Waals surface area (Å²) in [5.41, 5.74) is 5.85. The Morgan fingerprint density at radius 3 is 1.50 bits per heavy atom. The predicted molar refractivity (Wildman–Crippen MR) is 216 cm³/mol. The van der Waals surface area contributed by atoms with Gasteiger partial charge in [0.1, 0.15) is 0 Å². The Labute approximate surface area is 300 Å². The van der Waals surface area contributed by atoms with E-state index in [1.165, 1.54) is 44.9 Å². The summed E-state index contributed by atoms with van der Waals surface area (Å²) in [5.74, 6) is 8.52. The smallest absolute Gasteiger partial charge is 0.0553 e. The SMILES string of the molecule is CC(C)C1CC2C(C=CC[C@@H]2C2=CC[C@@H](C(C)(C)C)C=C2)C1[Si](C)(C)C1C(C)CC2C1C=CC[C@@H]2C1=CC[C@@H](C(C)(C)C)C=C1.CCC. The average molecular weight is 669 g/mol. The van der Waals surface area contributed by atoms with Gasteiger partial charge in [0.2, 0.25) is 0 Å². The monoisotopic (exact) mass is 669 g/mol. The van der Waals surface area contributed by atoms with E-state index in [1.807, 2.05) is 0 Å². The lowest BCUT2D eigenvalue weighted by molar-refractivity contribution is 0.284. The van der Waals surface area contributed by atoms with Crippen molar-refractivity contribution in [1.29, 1.82) is 0 Å². The lowest BCUT2D eigenvalue weighted by Crippen LogP contribution is -2.47. The maximum atomic E-state index is 2.87. The second kappa shape index (κ2) is 14.7. The highest BCUT2D eigenvalue weighted by molar-refractivity contribution is 6.80. The van der Waals surface area contributed by atoms with Gasteiger partial charge in [-0.15, -0.1) is 0 Å². The van der Waals surface area contributed by atoms with Crippen LogP contribution in [0.1, 0.15) is 121 Å². The molecule has 0 saturated heterocycles. The molecular weight excluding hydrogens is 593 g/mol.